The lowest BCUT2D eigenvalue weighted by Gasteiger charge is -2.24. The van der Waals surface area contributed by atoms with Crippen LogP contribution >= 0.6 is 11.8 Å². The molecule has 0 aromatic heterocycles. The quantitative estimate of drug-likeness (QED) is 0.361. The zero-order valence-corrected chi connectivity index (χ0v) is 19.4. The summed E-state index contributed by atoms with van der Waals surface area (Å²) in [5.41, 5.74) is 7.17. The van der Waals surface area contributed by atoms with Crippen molar-refractivity contribution in [3.8, 4) is 0 Å². The third-order valence-electron chi connectivity index (χ3n) is 5.28. The molecular weight excluding hydrogens is 485 g/mol. The Morgan fingerprint density at radius 1 is 1.14 bits per heavy atom. The molecule has 1 aliphatic rings. The van der Waals surface area contributed by atoms with Gasteiger partial charge in [0, 0.05) is 43.1 Å². The van der Waals surface area contributed by atoms with E-state index in [1.807, 2.05) is 0 Å². The summed E-state index contributed by atoms with van der Waals surface area (Å²) in [6.45, 7) is 0.272. The molecule has 2 aromatic rings. The fourth-order valence-corrected chi connectivity index (χ4v) is 4.77. The van der Waals surface area contributed by atoms with Crippen molar-refractivity contribution in [3.05, 3.63) is 65.0 Å². The van der Waals surface area contributed by atoms with Crippen LogP contribution in [0.1, 0.15) is 17.5 Å². The van der Waals surface area contributed by atoms with Gasteiger partial charge in [-0.1, -0.05) is 12.1 Å². The number of carboxylic acids is 1. The standard InChI is InChI=1S/C23H25F3N4O4S/c24-17-10-19(26)18(25)8-14(17)7-15(27)9-20(31)30-4-5-35-23(30)22(34)29-11-13-2-1-3-16(6-13)28-12-21(32)33/h1-3,6,8,10,15,23,28H,4-5,7,9,11-12,27H2,(H,29,34)(H,32,33)/t15?,23-/m0/s1. The first kappa shape index (κ1) is 26.4. The van der Waals surface area contributed by atoms with Crippen LogP contribution < -0.4 is 16.4 Å². The molecule has 5 N–H and O–H groups in total. The lowest BCUT2D eigenvalue weighted by atomic mass is 10.0. The van der Waals surface area contributed by atoms with E-state index in [0.717, 1.165) is 11.6 Å². The maximum atomic E-state index is 13.9. The van der Waals surface area contributed by atoms with Gasteiger partial charge in [0.05, 0.1) is 0 Å². The molecule has 2 atom stereocenters. The Labute approximate surface area is 204 Å². The van der Waals surface area contributed by atoms with E-state index < -0.39 is 40.7 Å². The summed E-state index contributed by atoms with van der Waals surface area (Å²) in [6, 6.07) is 7.23. The number of aliphatic carboxylic acids is 1. The molecule has 0 radical (unpaired) electrons. The number of carboxylic acid groups (broad SMARTS) is 1. The van der Waals surface area contributed by atoms with Crippen LogP contribution in [0.3, 0.4) is 0 Å². The second-order valence-corrected chi connectivity index (χ2v) is 9.19. The third-order valence-corrected chi connectivity index (χ3v) is 6.48. The molecule has 0 saturated carbocycles. The summed E-state index contributed by atoms with van der Waals surface area (Å²) in [5, 5.41) is 13.5. The van der Waals surface area contributed by atoms with E-state index in [1.54, 1.807) is 24.3 Å². The van der Waals surface area contributed by atoms with Crippen molar-refractivity contribution in [2.24, 2.45) is 5.73 Å². The van der Waals surface area contributed by atoms with Crippen LogP contribution in [0.4, 0.5) is 18.9 Å². The average Bonchev–Trinajstić information content (AvgIpc) is 3.30. The SMILES string of the molecule is NC(CC(=O)N1CCS[C@H]1C(=O)NCc1cccc(NCC(=O)O)c1)Cc1cc(F)c(F)cc1F. The zero-order chi connectivity index (χ0) is 25.5. The maximum Gasteiger partial charge on any atom is 0.322 e. The first-order valence-corrected chi connectivity index (χ1v) is 11.8. The van der Waals surface area contributed by atoms with E-state index in [1.165, 1.54) is 16.7 Å². The largest absolute Gasteiger partial charge is 0.480 e. The number of rotatable bonds is 10. The van der Waals surface area contributed by atoms with Crippen LogP contribution in [-0.2, 0) is 27.3 Å². The van der Waals surface area contributed by atoms with Gasteiger partial charge in [-0.15, -0.1) is 11.8 Å². The Morgan fingerprint density at radius 3 is 2.63 bits per heavy atom. The number of hydrogen-bond donors (Lipinski definition) is 4. The van der Waals surface area contributed by atoms with Crippen molar-refractivity contribution < 1.29 is 32.7 Å². The summed E-state index contributed by atoms with van der Waals surface area (Å²) < 4.78 is 40.4. The molecule has 12 heteroatoms. The molecule has 0 aliphatic carbocycles. The predicted octanol–water partition coefficient (Wildman–Crippen LogP) is 2.08. The molecule has 1 heterocycles. The Bertz CT molecular complexity index is 1100. The molecule has 3 rings (SSSR count). The van der Waals surface area contributed by atoms with Crippen LogP contribution in [0, 0.1) is 17.5 Å². The molecule has 2 amide bonds. The second kappa shape index (κ2) is 11.9. The predicted molar refractivity (Wildman–Crippen MR) is 125 cm³/mol. The molecule has 1 fully saturated rings. The highest BCUT2D eigenvalue weighted by Crippen LogP contribution is 2.25. The first-order chi connectivity index (χ1) is 16.6. The molecule has 2 aromatic carbocycles. The highest BCUT2D eigenvalue weighted by Gasteiger charge is 2.35. The number of amides is 2. The number of hydrogen-bond acceptors (Lipinski definition) is 6. The van der Waals surface area contributed by atoms with Crippen molar-refractivity contribution in [1.82, 2.24) is 10.2 Å². The molecule has 8 nitrogen and oxygen atoms in total. The van der Waals surface area contributed by atoms with Gasteiger partial charge in [-0.25, -0.2) is 13.2 Å². The minimum atomic E-state index is -1.30. The monoisotopic (exact) mass is 510 g/mol. The van der Waals surface area contributed by atoms with Gasteiger partial charge in [-0.05, 0) is 35.7 Å². The van der Waals surface area contributed by atoms with Gasteiger partial charge in [-0.3, -0.25) is 14.4 Å². The first-order valence-electron chi connectivity index (χ1n) is 10.8. The fourth-order valence-electron chi connectivity index (χ4n) is 3.60. The number of anilines is 1. The maximum absolute atomic E-state index is 13.9. The van der Waals surface area contributed by atoms with Crippen molar-refractivity contribution in [2.75, 3.05) is 24.2 Å². The van der Waals surface area contributed by atoms with Crippen molar-refractivity contribution in [2.45, 2.75) is 30.8 Å². The normalized spacial score (nSPS) is 16.1. The van der Waals surface area contributed by atoms with Gasteiger partial charge >= 0.3 is 5.97 Å². The zero-order valence-electron chi connectivity index (χ0n) is 18.6. The number of thioether (sulfide) groups is 1. The van der Waals surface area contributed by atoms with Crippen LogP contribution in [0.25, 0.3) is 0 Å². The molecule has 188 valence electrons. The van der Waals surface area contributed by atoms with E-state index in [0.29, 0.717) is 24.1 Å². The number of halogens is 3. The molecule has 1 saturated heterocycles. The molecule has 0 spiro atoms. The van der Waals surface area contributed by atoms with Crippen LogP contribution in [0.5, 0.6) is 0 Å². The van der Waals surface area contributed by atoms with Crippen molar-refractivity contribution in [3.63, 3.8) is 0 Å². The summed E-state index contributed by atoms with van der Waals surface area (Å²) in [7, 11) is 0. The molecular formula is C23H25F3N4O4S. The lowest BCUT2D eigenvalue weighted by molar-refractivity contribution is -0.136. The molecule has 0 bridgehead atoms. The van der Waals surface area contributed by atoms with Gasteiger partial charge in [0.2, 0.25) is 5.91 Å². The number of benzene rings is 2. The minimum absolute atomic E-state index is 0.130. The topological polar surface area (TPSA) is 125 Å². The van der Waals surface area contributed by atoms with Gasteiger partial charge in [0.1, 0.15) is 12.4 Å². The van der Waals surface area contributed by atoms with Crippen molar-refractivity contribution in [1.29, 1.82) is 0 Å². The summed E-state index contributed by atoms with van der Waals surface area (Å²) >= 11 is 1.30. The highest BCUT2D eigenvalue weighted by molar-refractivity contribution is 8.00. The van der Waals surface area contributed by atoms with E-state index in [9.17, 15) is 27.6 Å². The number of nitrogens with two attached hydrogens (primary N) is 1. The lowest BCUT2D eigenvalue weighted by Crippen LogP contribution is -2.46. The second-order valence-electron chi connectivity index (χ2n) is 8.00. The summed E-state index contributed by atoms with van der Waals surface area (Å²) in [6.07, 6.45) is -0.362. The highest BCUT2D eigenvalue weighted by atomic mass is 32.2. The van der Waals surface area contributed by atoms with E-state index in [-0.39, 0.29) is 37.4 Å². The third kappa shape index (κ3) is 7.36. The van der Waals surface area contributed by atoms with E-state index in [4.69, 9.17) is 10.8 Å². The van der Waals surface area contributed by atoms with E-state index in [2.05, 4.69) is 10.6 Å². The summed E-state index contributed by atoms with van der Waals surface area (Å²) in [5.74, 6) is -4.66. The van der Waals surface area contributed by atoms with Gasteiger partial charge < -0.3 is 26.4 Å². The Kier molecular flexibility index (Phi) is 8.99. The number of nitrogens with zero attached hydrogens (tertiary/aromatic N) is 1. The van der Waals surface area contributed by atoms with Gasteiger partial charge in [0.25, 0.3) is 5.91 Å². The van der Waals surface area contributed by atoms with Crippen LogP contribution in [-0.4, -0.2) is 58.0 Å². The Balaban J connectivity index is 1.54. The van der Waals surface area contributed by atoms with Crippen LogP contribution in [0.2, 0.25) is 0 Å². The Morgan fingerprint density at radius 2 is 1.89 bits per heavy atom. The number of nitrogens with one attached hydrogen (secondary N) is 2. The molecule has 1 unspecified atom stereocenters. The summed E-state index contributed by atoms with van der Waals surface area (Å²) in [4.78, 5) is 37.6. The van der Waals surface area contributed by atoms with Crippen LogP contribution in [0.15, 0.2) is 36.4 Å². The van der Waals surface area contributed by atoms with Gasteiger partial charge in [0.15, 0.2) is 17.0 Å². The number of carbonyl (C=O) groups excluding carboxylic acids is 2. The fraction of sp³-hybridized carbons (Fsp3) is 0.348. The molecule has 1 aliphatic heterocycles. The molecule has 35 heavy (non-hydrogen) atoms. The number of carbonyl (C=O) groups is 3. The average molecular weight is 511 g/mol. The van der Waals surface area contributed by atoms with Crippen molar-refractivity contribution >= 4 is 35.2 Å². The van der Waals surface area contributed by atoms with E-state index >= 15 is 0 Å². The minimum Gasteiger partial charge on any atom is -0.480 e. The Hall–Kier alpha value is -3.25. The smallest absolute Gasteiger partial charge is 0.322 e. The van der Waals surface area contributed by atoms with Gasteiger partial charge in [-0.2, -0.15) is 0 Å².